The summed E-state index contributed by atoms with van der Waals surface area (Å²) in [7, 11) is 0. The van der Waals surface area contributed by atoms with E-state index < -0.39 is 6.61 Å². The fourth-order valence-electron chi connectivity index (χ4n) is 4.18. The Kier molecular flexibility index (Phi) is 5.26. The average molecular weight is 397 g/mol. The molecule has 0 saturated carbocycles. The van der Waals surface area contributed by atoms with Crippen LogP contribution in [0.15, 0.2) is 11.6 Å². The average Bonchev–Trinajstić information content (AvgIpc) is 3.05. The van der Waals surface area contributed by atoms with E-state index in [1.807, 2.05) is 6.07 Å². The highest BCUT2D eigenvalue weighted by molar-refractivity contribution is 6.42. The maximum Gasteiger partial charge on any atom is 0.248 e. The van der Waals surface area contributed by atoms with Crippen molar-refractivity contribution < 1.29 is 14.6 Å². The van der Waals surface area contributed by atoms with Gasteiger partial charge in [-0.05, 0) is 41.2 Å². The second-order valence-electron chi connectivity index (χ2n) is 7.06. The van der Waals surface area contributed by atoms with E-state index in [2.05, 4.69) is 4.90 Å². The van der Waals surface area contributed by atoms with Crippen molar-refractivity contribution in [1.29, 1.82) is 0 Å². The highest BCUT2D eigenvalue weighted by atomic mass is 35.5. The number of nitrogens with zero attached hydrogens (tertiary/aromatic N) is 2. The van der Waals surface area contributed by atoms with Crippen molar-refractivity contribution in [3.8, 4) is 0 Å². The lowest BCUT2D eigenvalue weighted by molar-refractivity contribution is -0.133. The van der Waals surface area contributed by atoms with Crippen LogP contribution in [0.1, 0.15) is 23.1 Å². The predicted molar refractivity (Wildman–Crippen MR) is 101 cm³/mol. The lowest BCUT2D eigenvalue weighted by Gasteiger charge is -2.30. The summed E-state index contributed by atoms with van der Waals surface area (Å²) in [5, 5.41) is 10.4. The molecule has 0 unspecified atom stereocenters. The molecule has 2 aliphatic heterocycles. The summed E-state index contributed by atoms with van der Waals surface area (Å²) in [5.41, 5.74) is 5.95. The molecule has 0 bridgehead atoms. The lowest BCUT2D eigenvalue weighted by Crippen LogP contribution is -2.38. The zero-order chi connectivity index (χ0) is 18.3. The van der Waals surface area contributed by atoms with Crippen LogP contribution >= 0.6 is 23.2 Å². The number of carbonyl (C=O) groups excluding carboxylic acids is 1. The first-order valence-electron chi connectivity index (χ1n) is 8.98. The second kappa shape index (κ2) is 7.49. The molecule has 5 nitrogen and oxygen atoms in total. The molecule has 7 heteroatoms. The minimum atomic E-state index is -0.447. The smallest absolute Gasteiger partial charge is 0.248 e. The summed E-state index contributed by atoms with van der Waals surface area (Å²) in [6, 6.07) is 1.97. The van der Waals surface area contributed by atoms with Crippen LogP contribution < -0.4 is 0 Å². The number of carbonyl (C=O) groups is 1. The molecule has 1 saturated heterocycles. The molecule has 1 fully saturated rings. The molecular formula is C19H22Cl2N2O3. The number of morpholine rings is 1. The number of aliphatic hydroxyl groups excluding tert-OH is 1. The van der Waals surface area contributed by atoms with Crippen LogP contribution in [0.4, 0.5) is 0 Å². The van der Waals surface area contributed by atoms with Crippen LogP contribution in [0.5, 0.6) is 0 Å². The molecule has 1 amide bonds. The number of halogens is 2. The third kappa shape index (κ3) is 3.27. The van der Waals surface area contributed by atoms with Gasteiger partial charge < -0.3 is 14.7 Å². The van der Waals surface area contributed by atoms with Crippen LogP contribution in [0, 0.1) is 0 Å². The molecular weight excluding hydrogens is 375 g/mol. The van der Waals surface area contributed by atoms with Crippen molar-refractivity contribution >= 4 is 34.7 Å². The predicted octanol–water partition coefficient (Wildman–Crippen LogP) is 2.36. The molecule has 0 radical (unpaired) electrons. The molecule has 1 aliphatic carbocycles. The van der Waals surface area contributed by atoms with Crippen molar-refractivity contribution in [1.82, 2.24) is 9.80 Å². The number of ether oxygens (including phenoxy) is 1. The van der Waals surface area contributed by atoms with Crippen molar-refractivity contribution in [2.24, 2.45) is 0 Å². The Morgan fingerprint density at radius 2 is 2.00 bits per heavy atom. The molecule has 1 aromatic carbocycles. The quantitative estimate of drug-likeness (QED) is 0.851. The highest BCUT2D eigenvalue weighted by Crippen LogP contribution is 2.45. The fraction of sp³-hybridized carbons (Fsp3) is 0.526. The van der Waals surface area contributed by atoms with Gasteiger partial charge in [-0.3, -0.25) is 9.69 Å². The van der Waals surface area contributed by atoms with E-state index in [0.717, 1.165) is 56.8 Å². The fourth-order valence-corrected chi connectivity index (χ4v) is 4.64. The number of benzene rings is 1. The summed E-state index contributed by atoms with van der Waals surface area (Å²) >= 11 is 13.0. The van der Waals surface area contributed by atoms with Crippen molar-refractivity contribution in [2.75, 3.05) is 46.0 Å². The van der Waals surface area contributed by atoms with Gasteiger partial charge in [-0.15, -0.1) is 0 Å². The van der Waals surface area contributed by atoms with E-state index in [1.165, 1.54) is 16.7 Å². The van der Waals surface area contributed by atoms with E-state index in [-0.39, 0.29) is 5.91 Å². The molecule has 0 aromatic heterocycles. The standard InChI is InChI=1S/C19H22Cl2N2O3/c20-16-8-13(9-22-3-5-26-6-4-22)18-14(19(16)21)7-12-1-2-23(10-15(12)18)17(25)11-24/h8,24H,1-7,9-11H2. The van der Waals surface area contributed by atoms with E-state index >= 15 is 0 Å². The van der Waals surface area contributed by atoms with E-state index in [0.29, 0.717) is 23.1 Å². The van der Waals surface area contributed by atoms with Gasteiger partial charge in [0.05, 0.1) is 23.3 Å². The Bertz CT molecular complexity index is 773. The lowest BCUT2D eigenvalue weighted by atomic mass is 9.95. The summed E-state index contributed by atoms with van der Waals surface area (Å²) in [4.78, 5) is 16.1. The zero-order valence-electron chi connectivity index (χ0n) is 14.6. The summed E-state index contributed by atoms with van der Waals surface area (Å²) in [6.45, 7) is 4.83. The van der Waals surface area contributed by atoms with Gasteiger partial charge in [0.2, 0.25) is 5.91 Å². The molecule has 0 atom stereocenters. The molecule has 0 spiro atoms. The summed E-state index contributed by atoms with van der Waals surface area (Å²) < 4.78 is 5.45. The minimum absolute atomic E-state index is 0.222. The number of hydrogen-bond acceptors (Lipinski definition) is 4. The molecule has 26 heavy (non-hydrogen) atoms. The first-order chi connectivity index (χ1) is 12.6. The zero-order valence-corrected chi connectivity index (χ0v) is 16.1. The minimum Gasteiger partial charge on any atom is -0.387 e. The van der Waals surface area contributed by atoms with Gasteiger partial charge in [0.25, 0.3) is 0 Å². The van der Waals surface area contributed by atoms with E-state index in [9.17, 15) is 9.90 Å². The molecule has 140 valence electrons. The third-order valence-corrected chi connectivity index (χ3v) is 6.36. The first-order valence-corrected chi connectivity index (χ1v) is 9.74. The van der Waals surface area contributed by atoms with Crippen molar-refractivity contribution in [3.05, 3.63) is 38.4 Å². The normalized spacial score (nSPS) is 20.3. The van der Waals surface area contributed by atoms with Crippen LogP contribution in [0.3, 0.4) is 0 Å². The van der Waals surface area contributed by atoms with E-state index in [4.69, 9.17) is 27.9 Å². The van der Waals surface area contributed by atoms with Gasteiger partial charge in [0, 0.05) is 32.7 Å². The van der Waals surface area contributed by atoms with Crippen LogP contribution in [0.25, 0.3) is 5.57 Å². The molecule has 3 aliphatic rings. The largest absolute Gasteiger partial charge is 0.387 e. The van der Waals surface area contributed by atoms with Gasteiger partial charge >= 0.3 is 0 Å². The summed E-state index contributed by atoms with van der Waals surface area (Å²) in [6.07, 6.45) is 1.63. The maximum absolute atomic E-state index is 12.0. The Morgan fingerprint density at radius 1 is 1.23 bits per heavy atom. The second-order valence-corrected chi connectivity index (χ2v) is 7.84. The first kappa shape index (κ1) is 18.3. The molecule has 2 heterocycles. The molecule has 1 aromatic rings. The summed E-state index contributed by atoms with van der Waals surface area (Å²) in [5.74, 6) is -0.222. The maximum atomic E-state index is 12.0. The third-order valence-electron chi connectivity index (χ3n) is 5.54. The monoisotopic (exact) mass is 396 g/mol. The van der Waals surface area contributed by atoms with E-state index in [1.54, 1.807) is 4.90 Å². The molecule has 1 N–H and O–H groups in total. The number of amides is 1. The number of aliphatic hydroxyl groups is 1. The van der Waals surface area contributed by atoms with Gasteiger partial charge in [-0.2, -0.15) is 0 Å². The Morgan fingerprint density at radius 3 is 2.73 bits per heavy atom. The number of hydrogen-bond donors (Lipinski definition) is 1. The SMILES string of the molecule is O=C(CO)N1CCC2=C(C1)c1c(CN3CCOCC3)cc(Cl)c(Cl)c1C2. The molecule has 4 rings (SSSR count). The number of rotatable bonds is 3. The van der Waals surface area contributed by atoms with Gasteiger partial charge in [0.15, 0.2) is 0 Å². The highest BCUT2D eigenvalue weighted by Gasteiger charge is 2.33. The van der Waals surface area contributed by atoms with Crippen molar-refractivity contribution in [2.45, 2.75) is 19.4 Å². The Balaban J connectivity index is 1.70. The van der Waals surface area contributed by atoms with Crippen LogP contribution in [0.2, 0.25) is 10.0 Å². The van der Waals surface area contributed by atoms with Crippen LogP contribution in [-0.4, -0.2) is 66.8 Å². The van der Waals surface area contributed by atoms with Gasteiger partial charge in [0.1, 0.15) is 6.61 Å². The Hall–Kier alpha value is -1.11. The van der Waals surface area contributed by atoms with Gasteiger partial charge in [-0.25, -0.2) is 0 Å². The number of fused-ring (bicyclic) bond motifs is 2. The van der Waals surface area contributed by atoms with Crippen molar-refractivity contribution in [3.63, 3.8) is 0 Å². The topological polar surface area (TPSA) is 53.0 Å². The Labute approximate surface area is 163 Å². The van der Waals surface area contributed by atoms with Gasteiger partial charge in [-0.1, -0.05) is 28.8 Å². The van der Waals surface area contributed by atoms with Crippen LogP contribution in [-0.2, 0) is 22.5 Å².